The van der Waals surface area contributed by atoms with Crippen molar-refractivity contribution in [3.63, 3.8) is 0 Å². The minimum Gasteiger partial charge on any atom is -0.496 e. The van der Waals surface area contributed by atoms with Crippen LogP contribution < -0.4 is 10.1 Å². The summed E-state index contributed by atoms with van der Waals surface area (Å²) in [7, 11) is 3.09. The number of rotatable bonds is 4. The van der Waals surface area contributed by atoms with E-state index in [4.69, 9.17) is 4.74 Å². The fourth-order valence-corrected chi connectivity index (χ4v) is 2.01. The van der Waals surface area contributed by atoms with Crippen molar-refractivity contribution in [1.29, 1.82) is 0 Å². The molecule has 1 atom stereocenters. The highest BCUT2D eigenvalue weighted by Gasteiger charge is 2.32. The lowest BCUT2D eigenvalue weighted by Gasteiger charge is -2.21. The van der Waals surface area contributed by atoms with Crippen LogP contribution in [-0.4, -0.2) is 20.3 Å². The Hall–Kier alpha value is -1.23. The Bertz CT molecular complexity index is 415. The van der Waals surface area contributed by atoms with Crippen molar-refractivity contribution >= 4 is 0 Å². The molecule has 0 aliphatic heterocycles. The quantitative estimate of drug-likeness (QED) is 0.895. The van der Waals surface area contributed by atoms with Crippen LogP contribution in [0.3, 0.4) is 0 Å². The van der Waals surface area contributed by atoms with Gasteiger partial charge in [0, 0.05) is 6.04 Å². The maximum absolute atomic E-state index is 12.5. The van der Waals surface area contributed by atoms with E-state index in [-0.39, 0.29) is 0 Å². The molecule has 0 saturated heterocycles. The van der Waals surface area contributed by atoms with Crippen LogP contribution in [0.15, 0.2) is 12.1 Å². The molecule has 0 spiro atoms. The van der Waals surface area contributed by atoms with Crippen LogP contribution in [0.25, 0.3) is 0 Å². The van der Waals surface area contributed by atoms with Crippen LogP contribution in [0.2, 0.25) is 0 Å². The summed E-state index contributed by atoms with van der Waals surface area (Å²) in [6, 6.07) is 2.79. The summed E-state index contributed by atoms with van der Waals surface area (Å²) >= 11 is 0. The molecule has 0 fully saturated rings. The molecule has 0 heterocycles. The number of nitrogens with one attached hydrogen (secondary N) is 1. The zero-order valence-electron chi connectivity index (χ0n) is 11.0. The number of ether oxygens (including phenoxy) is 1. The third-order valence-electron chi connectivity index (χ3n) is 2.94. The molecule has 0 bridgehead atoms. The maximum Gasteiger partial charge on any atom is 0.390 e. The van der Waals surface area contributed by atoms with Gasteiger partial charge in [-0.2, -0.15) is 13.2 Å². The Kier molecular flexibility index (Phi) is 4.62. The van der Waals surface area contributed by atoms with Gasteiger partial charge in [-0.25, -0.2) is 0 Å². The average Bonchev–Trinajstić information content (AvgIpc) is 2.27. The highest BCUT2D eigenvalue weighted by atomic mass is 19.4. The van der Waals surface area contributed by atoms with Gasteiger partial charge in [-0.3, -0.25) is 0 Å². The van der Waals surface area contributed by atoms with Crippen molar-refractivity contribution in [2.45, 2.75) is 32.5 Å². The smallest absolute Gasteiger partial charge is 0.390 e. The van der Waals surface area contributed by atoms with E-state index in [1.165, 1.54) is 7.05 Å². The van der Waals surface area contributed by atoms with Gasteiger partial charge in [0.1, 0.15) is 5.75 Å². The third kappa shape index (κ3) is 3.63. The van der Waals surface area contributed by atoms with Gasteiger partial charge in [0.2, 0.25) is 0 Å². The molecule has 0 radical (unpaired) electrons. The molecule has 1 N–H and O–H groups in total. The molecule has 0 saturated carbocycles. The number of alkyl halides is 3. The number of hydrogen-bond acceptors (Lipinski definition) is 2. The van der Waals surface area contributed by atoms with Gasteiger partial charge < -0.3 is 10.1 Å². The standard InChI is InChI=1S/C13H18F3NO/c1-8-6-12(18-4)9(2)5-10(8)11(17-3)7-13(14,15)16/h5-6,11,17H,7H2,1-4H3. The second-order valence-electron chi connectivity index (χ2n) is 4.34. The summed E-state index contributed by atoms with van der Waals surface area (Å²) < 4.78 is 42.6. The Morgan fingerprint density at radius 2 is 1.83 bits per heavy atom. The molecule has 1 aromatic carbocycles. The van der Waals surface area contributed by atoms with Crippen LogP contribution >= 0.6 is 0 Å². The number of aryl methyl sites for hydroxylation is 2. The van der Waals surface area contributed by atoms with E-state index in [0.29, 0.717) is 11.3 Å². The predicted octanol–water partition coefficient (Wildman–Crippen LogP) is 3.52. The summed E-state index contributed by atoms with van der Waals surface area (Å²) in [5.41, 5.74) is 2.29. The zero-order valence-corrected chi connectivity index (χ0v) is 11.0. The van der Waals surface area contributed by atoms with Crippen LogP contribution in [0, 0.1) is 13.8 Å². The first-order chi connectivity index (χ1) is 8.28. The summed E-state index contributed by atoms with van der Waals surface area (Å²) in [4.78, 5) is 0. The zero-order chi connectivity index (χ0) is 13.9. The van der Waals surface area contributed by atoms with Crippen molar-refractivity contribution < 1.29 is 17.9 Å². The Balaban J connectivity index is 3.10. The van der Waals surface area contributed by atoms with Crippen LogP contribution in [-0.2, 0) is 0 Å². The molecular weight excluding hydrogens is 243 g/mol. The molecular formula is C13H18F3NO. The minimum atomic E-state index is -4.19. The fraction of sp³-hybridized carbons (Fsp3) is 0.538. The topological polar surface area (TPSA) is 21.3 Å². The second-order valence-corrected chi connectivity index (χ2v) is 4.34. The van der Waals surface area contributed by atoms with Crippen LogP contribution in [0.1, 0.15) is 29.2 Å². The van der Waals surface area contributed by atoms with Gasteiger partial charge in [-0.15, -0.1) is 0 Å². The molecule has 1 rings (SSSR count). The van der Waals surface area contributed by atoms with Gasteiger partial charge in [-0.1, -0.05) is 6.07 Å². The van der Waals surface area contributed by atoms with Gasteiger partial charge in [0.25, 0.3) is 0 Å². The Morgan fingerprint density at radius 1 is 1.22 bits per heavy atom. The van der Waals surface area contributed by atoms with E-state index in [2.05, 4.69) is 5.32 Å². The summed E-state index contributed by atoms with van der Waals surface area (Å²) in [6.07, 6.45) is -5.07. The fourth-order valence-electron chi connectivity index (χ4n) is 2.01. The van der Waals surface area contributed by atoms with E-state index in [9.17, 15) is 13.2 Å². The number of methoxy groups -OCH3 is 1. The lowest BCUT2D eigenvalue weighted by molar-refractivity contribution is -0.140. The number of benzene rings is 1. The largest absolute Gasteiger partial charge is 0.496 e. The first-order valence-corrected chi connectivity index (χ1v) is 5.67. The second kappa shape index (κ2) is 5.61. The summed E-state index contributed by atoms with van der Waals surface area (Å²) in [5, 5.41) is 2.72. The van der Waals surface area contributed by atoms with E-state index < -0.39 is 18.6 Å². The summed E-state index contributed by atoms with van der Waals surface area (Å²) in [5.74, 6) is 0.693. The lowest BCUT2D eigenvalue weighted by atomic mass is 9.96. The van der Waals surface area contributed by atoms with Crippen LogP contribution in [0.5, 0.6) is 5.75 Å². The minimum absolute atomic E-state index is 0.660. The van der Waals surface area contributed by atoms with Crippen molar-refractivity contribution in [3.8, 4) is 5.75 Å². The SMILES string of the molecule is CNC(CC(F)(F)F)c1cc(C)c(OC)cc1C. The van der Waals surface area contributed by atoms with E-state index >= 15 is 0 Å². The Morgan fingerprint density at radius 3 is 2.28 bits per heavy atom. The third-order valence-corrected chi connectivity index (χ3v) is 2.94. The van der Waals surface area contributed by atoms with Crippen molar-refractivity contribution in [1.82, 2.24) is 5.32 Å². The first-order valence-electron chi connectivity index (χ1n) is 5.67. The molecule has 0 aromatic heterocycles. The molecule has 1 unspecified atom stereocenters. The van der Waals surface area contributed by atoms with Gasteiger partial charge >= 0.3 is 6.18 Å². The Labute approximate surface area is 105 Å². The van der Waals surface area contributed by atoms with Crippen molar-refractivity contribution in [2.24, 2.45) is 0 Å². The molecule has 102 valence electrons. The number of halogens is 3. The van der Waals surface area contributed by atoms with Crippen molar-refractivity contribution in [2.75, 3.05) is 14.2 Å². The summed E-state index contributed by atoms with van der Waals surface area (Å²) in [6.45, 7) is 3.61. The van der Waals surface area contributed by atoms with Gasteiger partial charge in [0.15, 0.2) is 0 Å². The highest BCUT2D eigenvalue weighted by Crippen LogP contribution is 2.33. The van der Waals surface area contributed by atoms with Crippen LogP contribution in [0.4, 0.5) is 13.2 Å². The van der Waals surface area contributed by atoms with E-state index in [1.54, 1.807) is 26.2 Å². The molecule has 18 heavy (non-hydrogen) atoms. The lowest BCUT2D eigenvalue weighted by Crippen LogP contribution is -2.24. The van der Waals surface area contributed by atoms with E-state index in [0.717, 1.165) is 11.1 Å². The normalized spacial score (nSPS) is 13.5. The van der Waals surface area contributed by atoms with Gasteiger partial charge in [0.05, 0.1) is 13.5 Å². The predicted molar refractivity (Wildman–Crippen MR) is 64.9 cm³/mol. The first kappa shape index (κ1) is 14.8. The maximum atomic E-state index is 12.5. The highest BCUT2D eigenvalue weighted by molar-refractivity contribution is 5.42. The number of hydrogen-bond donors (Lipinski definition) is 1. The molecule has 2 nitrogen and oxygen atoms in total. The molecule has 0 amide bonds. The average molecular weight is 261 g/mol. The van der Waals surface area contributed by atoms with E-state index in [1.807, 2.05) is 6.92 Å². The molecule has 5 heteroatoms. The molecule has 0 aliphatic rings. The van der Waals surface area contributed by atoms with Gasteiger partial charge in [-0.05, 0) is 43.7 Å². The van der Waals surface area contributed by atoms with Crippen molar-refractivity contribution in [3.05, 3.63) is 28.8 Å². The molecule has 0 aliphatic carbocycles. The monoisotopic (exact) mass is 261 g/mol. The molecule has 1 aromatic rings.